The highest BCUT2D eigenvalue weighted by atomic mass is 32.1. The third-order valence-electron chi connectivity index (χ3n) is 6.66. The molecular formula is C24H30OS. The second-order valence-corrected chi connectivity index (χ2v) is 8.95. The molecule has 2 fully saturated rings. The molecule has 138 valence electrons. The lowest BCUT2D eigenvalue weighted by atomic mass is 9.70. The van der Waals surface area contributed by atoms with Crippen LogP contribution in [0.5, 0.6) is 5.75 Å². The van der Waals surface area contributed by atoms with Crippen LogP contribution >= 0.6 is 12.2 Å². The van der Waals surface area contributed by atoms with Gasteiger partial charge in [-0.05, 0) is 84.1 Å². The average molecular weight is 367 g/mol. The van der Waals surface area contributed by atoms with Crippen LogP contribution in [0.1, 0.15) is 76.2 Å². The fourth-order valence-corrected chi connectivity index (χ4v) is 5.35. The third-order valence-corrected chi connectivity index (χ3v) is 6.74. The van der Waals surface area contributed by atoms with Crippen molar-refractivity contribution < 1.29 is 4.74 Å². The minimum absolute atomic E-state index is 0.565. The van der Waals surface area contributed by atoms with Gasteiger partial charge < -0.3 is 4.74 Å². The molecule has 0 aromatic heterocycles. The van der Waals surface area contributed by atoms with Gasteiger partial charge in [-0.3, -0.25) is 0 Å². The van der Waals surface area contributed by atoms with Crippen molar-refractivity contribution in [3.63, 3.8) is 0 Å². The Kier molecular flexibility index (Phi) is 5.59. The minimum atomic E-state index is 0.565. The Hall–Kier alpha value is -1.41. The lowest BCUT2D eigenvalue weighted by molar-refractivity contribution is 0.186. The Morgan fingerprint density at radius 1 is 0.808 bits per heavy atom. The summed E-state index contributed by atoms with van der Waals surface area (Å²) >= 11 is 5.04. The maximum Gasteiger partial charge on any atom is 0.164 e. The molecular weight excluding hydrogens is 336 g/mol. The van der Waals surface area contributed by atoms with Crippen LogP contribution in [0.2, 0.25) is 0 Å². The van der Waals surface area contributed by atoms with E-state index in [0.29, 0.717) is 5.05 Å². The molecule has 0 amide bonds. The first-order valence-corrected chi connectivity index (χ1v) is 10.8. The molecule has 0 unspecified atom stereocenters. The van der Waals surface area contributed by atoms with Gasteiger partial charge in [0.1, 0.15) is 5.75 Å². The smallest absolute Gasteiger partial charge is 0.164 e. The van der Waals surface area contributed by atoms with Crippen LogP contribution in [-0.2, 0) is 0 Å². The molecule has 2 aromatic rings. The first-order chi connectivity index (χ1) is 12.7. The Bertz CT molecular complexity index is 767. The molecule has 0 N–H and O–H groups in total. The predicted molar refractivity (Wildman–Crippen MR) is 114 cm³/mol. The fourth-order valence-electron chi connectivity index (χ4n) is 5.26. The molecule has 2 aliphatic rings. The van der Waals surface area contributed by atoms with Gasteiger partial charge in [0.05, 0.1) is 0 Å². The van der Waals surface area contributed by atoms with Gasteiger partial charge in [0.25, 0.3) is 0 Å². The van der Waals surface area contributed by atoms with Crippen LogP contribution in [0.3, 0.4) is 0 Å². The van der Waals surface area contributed by atoms with E-state index >= 15 is 0 Å². The first-order valence-electron chi connectivity index (χ1n) is 10.4. The highest BCUT2D eigenvalue weighted by Crippen LogP contribution is 2.43. The van der Waals surface area contributed by atoms with Crippen molar-refractivity contribution >= 4 is 28.0 Å². The quantitative estimate of drug-likeness (QED) is 0.523. The summed E-state index contributed by atoms with van der Waals surface area (Å²) in [5.74, 6) is 3.62. The van der Waals surface area contributed by atoms with Gasteiger partial charge in [0.15, 0.2) is 5.05 Å². The van der Waals surface area contributed by atoms with Crippen LogP contribution in [0, 0.1) is 11.8 Å². The summed E-state index contributed by atoms with van der Waals surface area (Å²) in [6, 6.07) is 13.3. The lowest BCUT2D eigenvalue weighted by Gasteiger charge is -2.36. The molecule has 2 aromatic carbocycles. The van der Waals surface area contributed by atoms with Crippen molar-refractivity contribution in [3.05, 3.63) is 42.0 Å². The zero-order valence-corrected chi connectivity index (χ0v) is 16.7. The maximum absolute atomic E-state index is 5.57. The van der Waals surface area contributed by atoms with Crippen LogP contribution in [-0.4, -0.2) is 5.05 Å². The molecule has 2 heteroatoms. The number of rotatable bonds is 3. The third kappa shape index (κ3) is 4.11. The number of ether oxygens (including phenoxy) is 1. The fraction of sp³-hybridized carbons (Fsp3) is 0.542. The number of hydrogen-bond acceptors (Lipinski definition) is 2. The monoisotopic (exact) mass is 366 g/mol. The number of hydrogen-bond donors (Lipinski definition) is 0. The highest BCUT2D eigenvalue weighted by Gasteiger charge is 2.29. The highest BCUT2D eigenvalue weighted by molar-refractivity contribution is 7.80. The zero-order chi connectivity index (χ0) is 17.9. The van der Waals surface area contributed by atoms with Crippen molar-refractivity contribution in [2.24, 2.45) is 11.8 Å². The van der Waals surface area contributed by atoms with E-state index in [-0.39, 0.29) is 0 Å². The number of benzene rings is 2. The Balaban J connectivity index is 1.43. The molecule has 2 aliphatic carbocycles. The van der Waals surface area contributed by atoms with Crippen molar-refractivity contribution in [2.45, 2.75) is 70.6 Å². The van der Waals surface area contributed by atoms with E-state index in [1.165, 1.54) is 74.1 Å². The summed E-state index contributed by atoms with van der Waals surface area (Å²) < 4.78 is 5.57. The second-order valence-electron chi connectivity index (χ2n) is 8.37. The van der Waals surface area contributed by atoms with Crippen molar-refractivity contribution in [1.82, 2.24) is 0 Å². The van der Waals surface area contributed by atoms with Crippen LogP contribution in [0.15, 0.2) is 36.4 Å². The van der Waals surface area contributed by atoms with Crippen molar-refractivity contribution in [3.8, 4) is 5.75 Å². The molecule has 0 aliphatic heterocycles. The van der Waals surface area contributed by atoms with Gasteiger partial charge in [-0.15, -0.1) is 0 Å². The molecule has 0 radical (unpaired) electrons. The standard InChI is InChI=1S/C24H30OS/c1-17(26)25-24-14-13-22-15-21(11-12-23(22)16-24)20-9-7-19(8-10-20)18-5-3-2-4-6-18/h11-16,18-20H,2-10H2,1H3. The van der Waals surface area contributed by atoms with Gasteiger partial charge in [-0.25, -0.2) is 0 Å². The largest absolute Gasteiger partial charge is 0.451 e. The molecule has 4 rings (SSSR count). The Morgan fingerprint density at radius 3 is 2.19 bits per heavy atom. The van der Waals surface area contributed by atoms with Crippen LogP contribution < -0.4 is 4.74 Å². The molecule has 2 saturated carbocycles. The maximum atomic E-state index is 5.57. The second kappa shape index (κ2) is 8.08. The van der Waals surface area contributed by atoms with E-state index in [1.54, 1.807) is 0 Å². The minimum Gasteiger partial charge on any atom is -0.451 e. The molecule has 0 bridgehead atoms. The Morgan fingerprint density at radius 2 is 1.46 bits per heavy atom. The van der Waals surface area contributed by atoms with E-state index in [0.717, 1.165) is 23.5 Å². The molecule has 0 saturated heterocycles. The Labute approximate surface area is 163 Å². The number of fused-ring (bicyclic) bond motifs is 1. The van der Waals surface area contributed by atoms with Crippen LogP contribution in [0.25, 0.3) is 10.8 Å². The van der Waals surface area contributed by atoms with Crippen molar-refractivity contribution in [2.75, 3.05) is 0 Å². The summed E-state index contributed by atoms with van der Waals surface area (Å²) in [4.78, 5) is 0. The summed E-state index contributed by atoms with van der Waals surface area (Å²) in [5, 5.41) is 3.11. The molecule has 0 heterocycles. The van der Waals surface area contributed by atoms with Gasteiger partial charge in [-0.2, -0.15) is 0 Å². The molecule has 0 atom stereocenters. The summed E-state index contributed by atoms with van der Waals surface area (Å²) in [5.41, 5.74) is 1.53. The number of thiocarbonyl (C=S) groups is 1. The molecule has 1 nitrogen and oxygen atoms in total. The van der Waals surface area contributed by atoms with E-state index < -0.39 is 0 Å². The van der Waals surface area contributed by atoms with Crippen molar-refractivity contribution in [1.29, 1.82) is 0 Å². The van der Waals surface area contributed by atoms with Gasteiger partial charge in [-0.1, -0.05) is 56.4 Å². The van der Waals surface area contributed by atoms with E-state index in [4.69, 9.17) is 17.0 Å². The average Bonchev–Trinajstić information content (AvgIpc) is 2.68. The van der Waals surface area contributed by atoms with Crippen LogP contribution in [0.4, 0.5) is 0 Å². The van der Waals surface area contributed by atoms with Gasteiger partial charge in [0, 0.05) is 6.92 Å². The van der Waals surface area contributed by atoms with E-state index in [2.05, 4.69) is 30.3 Å². The SMILES string of the molecule is CC(=S)Oc1ccc2cc(C3CCC(C4CCCCC4)CC3)ccc2c1. The molecule has 26 heavy (non-hydrogen) atoms. The first kappa shape index (κ1) is 18.0. The van der Waals surface area contributed by atoms with E-state index in [9.17, 15) is 0 Å². The van der Waals surface area contributed by atoms with Gasteiger partial charge in [0.2, 0.25) is 0 Å². The normalized spacial score (nSPS) is 24.5. The molecule has 0 spiro atoms. The van der Waals surface area contributed by atoms with Gasteiger partial charge >= 0.3 is 0 Å². The summed E-state index contributed by atoms with van der Waals surface area (Å²) in [7, 11) is 0. The topological polar surface area (TPSA) is 9.23 Å². The lowest BCUT2D eigenvalue weighted by Crippen LogP contribution is -2.23. The van der Waals surface area contributed by atoms with E-state index in [1.807, 2.05) is 13.0 Å². The summed E-state index contributed by atoms with van der Waals surface area (Å²) in [6.07, 6.45) is 13.0. The predicted octanol–water partition coefficient (Wildman–Crippen LogP) is 7.42. The zero-order valence-electron chi connectivity index (χ0n) is 15.9. The summed E-state index contributed by atoms with van der Waals surface area (Å²) in [6.45, 7) is 1.81.